The zero-order valence-corrected chi connectivity index (χ0v) is 36.6. The van der Waals surface area contributed by atoms with Gasteiger partial charge in [-0.3, -0.25) is 9.36 Å². The van der Waals surface area contributed by atoms with Crippen LogP contribution in [0.3, 0.4) is 0 Å². The number of amides is 1. The first-order valence-electron chi connectivity index (χ1n) is 20.3. The second kappa shape index (κ2) is 20.9. The van der Waals surface area contributed by atoms with Crippen molar-refractivity contribution in [3.8, 4) is 17.6 Å². The molecule has 1 fully saturated rings. The minimum Gasteiger partial charge on any atom is -0.497 e. The van der Waals surface area contributed by atoms with E-state index in [1.807, 2.05) is 84.9 Å². The maximum absolute atomic E-state index is 13.8. The molecule has 61 heavy (non-hydrogen) atoms. The van der Waals surface area contributed by atoms with E-state index in [9.17, 15) is 14.9 Å². The third kappa shape index (κ3) is 10.5. The molecule has 1 N–H and O–H groups in total. The van der Waals surface area contributed by atoms with Gasteiger partial charge in [0, 0.05) is 35.8 Å². The van der Waals surface area contributed by atoms with Crippen LogP contribution >= 0.6 is 8.53 Å². The molecule has 14 heteroatoms. The van der Waals surface area contributed by atoms with Gasteiger partial charge in [0.15, 0.2) is 0 Å². The Kier molecular flexibility index (Phi) is 15.4. The Morgan fingerprint density at radius 3 is 2.00 bits per heavy atom. The summed E-state index contributed by atoms with van der Waals surface area (Å²) in [4.78, 5) is 31.2. The third-order valence-corrected chi connectivity index (χ3v) is 12.6. The normalized spacial score (nSPS) is 17.0. The molecular formula is C47H54N5O8P. The van der Waals surface area contributed by atoms with E-state index in [4.69, 9.17) is 28.0 Å². The predicted molar refractivity (Wildman–Crippen MR) is 235 cm³/mol. The van der Waals surface area contributed by atoms with E-state index in [1.54, 1.807) is 51.6 Å². The summed E-state index contributed by atoms with van der Waals surface area (Å²) in [6, 6.07) is 36.5. The maximum Gasteiger partial charge on any atom is 0.351 e. The lowest BCUT2D eigenvalue weighted by Crippen LogP contribution is -2.39. The van der Waals surface area contributed by atoms with Gasteiger partial charge in [-0.05, 0) is 87.7 Å². The van der Waals surface area contributed by atoms with Gasteiger partial charge in [-0.2, -0.15) is 10.2 Å². The highest BCUT2D eigenvalue weighted by molar-refractivity contribution is 7.44. The van der Waals surface area contributed by atoms with Crippen LogP contribution in [0.2, 0.25) is 0 Å². The Hall–Kier alpha value is -5.45. The number of hydrogen-bond donors (Lipinski definition) is 1. The number of aryl methyl sites for hydroxylation is 1. The molecule has 4 atom stereocenters. The molecule has 1 aliphatic heterocycles. The predicted octanol–water partition coefficient (Wildman–Crippen LogP) is 8.78. The van der Waals surface area contributed by atoms with Gasteiger partial charge in [0.25, 0.3) is 14.4 Å². The molecular weight excluding hydrogens is 794 g/mol. The van der Waals surface area contributed by atoms with E-state index in [2.05, 4.69) is 48.7 Å². The van der Waals surface area contributed by atoms with Crippen molar-refractivity contribution in [2.75, 3.05) is 32.8 Å². The average Bonchev–Trinajstić information content (AvgIpc) is 3.67. The smallest absolute Gasteiger partial charge is 0.351 e. The molecule has 0 radical (unpaired) electrons. The molecule has 13 nitrogen and oxygen atoms in total. The monoisotopic (exact) mass is 847 g/mol. The molecule has 5 aromatic rings. The van der Waals surface area contributed by atoms with Gasteiger partial charge in [-0.1, -0.05) is 72.8 Å². The zero-order chi connectivity index (χ0) is 43.5. The highest BCUT2D eigenvalue weighted by Gasteiger charge is 2.45. The number of nitriles is 1. The van der Waals surface area contributed by atoms with E-state index in [0.717, 1.165) is 16.7 Å². The number of benzene rings is 4. The van der Waals surface area contributed by atoms with Gasteiger partial charge in [0.05, 0.1) is 46.0 Å². The molecule has 1 amide bonds. The second-order valence-corrected chi connectivity index (χ2v) is 16.6. The number of nitrogens with zero attached hydrogens (tertiary/aromatic N) is 4. The van der Waals surface area contributed by atoms with Crippen LogP contribution in [-0.2, 0) is 24.1 Å². The lowest BCUT2D eigenvalue weighted by Gasteiger charge is -2.39. The SMILES string of the molecule is COc1ccc(C(OC[C@H]2O[C@@H](n3cc(C)c(NC(=O)c4ccccc4)nc3=O)C[C@H]2OP(OCCC#N)N(C(C)C)C(C)C)(c2ccccc2)c2ccc(OC)cc2)cc1. The molecule has 0 aliphatic carbocycles. The number of carbonyl (C=O) groups is 1. The highest BCUT2D eigenvalue weighted by atomic mass is 31.2. The molecule has 4 aromatic carbocycles. The Morgan fingerprint density at radius 1 is 0.902 bits per heavy atom. The van der Waals surface area contributed by atoms with Crippen molar-refractivity contribution in [1.82, 2.24) is 14.2 Å². The Morgan fingerprint density at radius 2 is 1.46 bits per heavy atom. The van der Waals surface area contributed by atoms with E-state index >= 15 is 0 Å². The second-order valence-electron chi connectivity index (χ2n) is 15.2. The summed E-state index contributed by atoms with van der Waals surface area (Å²) in [5.74, 6) is 1.17. The minimum atomic E-state index is -1.70. The molecule has 0 saturated carbocycles. The van der Waals surface area contributed by atoms with Crippen LogP contribution in [0.15, 0.2) is 120 Å². The lowest BCUT2D eigenvalue weighted by molar-refractivity contribution is -0.0925. The van der Waals surface area contributed by atoms with Crippen LogP contribution in [0.5, 0.6) is 11.5 Å². The van der Waals surface area contributed by atoms with Crippen molar-refractivity contribution in [2.45, 2.75) is 83.6 Å². The molecule has 1 unspecified atom stereocenters. The van der Waals surface area contributed by atoms with Crippen LogP contribution in [-0.4, -0.2) is 71.9 Å². The third-order valence-electron chi connectivity index (χ3n) is 10.4. The van der Waals surface area contributed by atoms with Gasteiger partial charge in [0.2, 0.25) is 0 Å². The largest absolute Gasteiger partial charge is 0.497 e. The number of ether oxygens (including phenoxy) is 4. The maximum atomic E-state index is 13.8. The number of hydrogen-bond acceptors (Lipinski definition) is 11. The van der Waals surface area contributed by atoms with E-state index in [1.165, 1.54) is 4.57 Å². The first-order chi connectivity index (χ1) is 29.5. The van der Waals surface area contributed by atoms with Crippen molar-refractivity contribution >= 4 is 20.3 Å². The van der Waals surface area contributed by atoms with Crippen LogP contribution in [0, 0.1) is 18.3 Å². The Bertz CT molecular complexity index is 2230. The quantitative estimate of drug-likeness (QED) is 0.0484. The topological polar surface area (TPSA) is 146 Å². The summed E-state index contributed by atoms with van der Waals surface area (Å²) in [6.45, 7) is 10.3. The molecule has 1 aliphatic rings. The number of methoxy groups -OCH3 is 2. The van der Waals surface area contributed by atoms with Crippen molar-refractivity contribution in [3.63, 3.8) is 0 Å². The van der Waals surface area contributed by atoms with Crippen molar-refractivity contribution in [2.24, 2.45) is 0 Å². The standard InChI is InChI=1S/C47H54N5O8P/c1-32(2)52(33(3)4)61(58-28-14-27-48)60-41-29-43(51-30-34(5)44(50-46(51)54)49-45(53)35-15-10-8-11-16-35)59-42(41)31-57-47(36-17-12-9-13-18-36,37-19-23-39(55-6)24-20-37)38-21-25-40(56-7)26-22-38/h8-13,15-26,30,32-33,41-43H,14,28-29,31H2,1-7H3,(H,49,50,53,54)/t41-,42-,43-,61?/m1/s1. The summed E-state index contributed by atoms with van der Waals surface area (Å²) in [5.41, 5.74) is 1.80. The Labute approximate surface area is 359 Å². The highest BCUT2D eigenvalue weighted by Crippen LogP contribution is 2.50. The molecule has 0 spiro atoms. The summed E-state index contributed by atoms with van der Waals surface area (Å²) in [7, 11) is 1.55. The molecule has 1 saturated heterocycles. The van der Waals surface area contributed by atoms with Gasteiger partial charge in [-0.15, -0.1) is 0 Å². The van der Waals surface area contributed by atoms with Crippen molar-refractivity contribution in [1.29, 1.82) is 5.26 Å². The fraction of sp³-hybridized carbons (Fsp3) is 0.362. The van der Waals surface area contributed by atoms with Crippen molar-refractivity contribution in [3.05, 3.63) is 154 Å². The van der Waals surface area contributed by atoms with E-state index in [0.29, 0.717) is 22.6 Å². The summed E-state index contributed by atoms with van der Waals surface area (Å²) in [5, 5.41) is 12.2. The fourth-order valence-corrected chi connectivity index (χ4v) is 9.25. The van der Waals surface area contributed by atoms with Crippen LogP contribution in [0.4, 0.5) is 5.82 Å². The summed E-state index contributed by atoms with van der Waals surface area (Å²) in [6.07, 6.45) is -0.0854. The van der Waals surface area contributed by atoms with Gasteiger partial charge >= 0.3 is 5.69 Å². The fourth-order valence-electron chi connectivity index (χ4n) is 7.49. The summed E-state index contributed by atoms with van der Waals surface area (Å²) < 4.78 is 42.1. The lowest BCUT2D eigenvalue weighted by atomic mass is 9.80. The Balaban J connectivity index is 1.41. The van der Waals surface area contributed by atoms with Crippen LogP contribution in [0.1, 0.15) is 79.4 Å². The van der Waals surface area contributed by atoms with Gasteiger partial charge in [-0.25, -0.2) is 9.46 Å². The van der Waals surface area contributed by atoms with E-state index < -0.39 is 38.3 Å². The van der Waals surface area contributed by atoms with Gasteiger partial charge in [0.1, 0.15) is 35.2 Å². The van der Waals surface area contributed by atoms with Crippen LogP contribution in [0.25, 0.3) is 0 Å². The van der Waals surface area contributed by atoms with Gasteiger partial charge < -0.3 is 33.3 Å². The summed E-state index contributed by atoms with van der Waals surface area (Å²) >= 11 is 0. The van der Waals surface area contributed by atoms with Crippen LogP contribution < -0.4 is 20.5 Å². The molecule has 2 heterocycles. The molecule has 320 valence electrons. The number of aromatic nitrogens is 2. The zero-order valence-electron chi connectivity index (χ0n) is 35.7. The molecule has 6 rings (SSSR count). The number of nitrogens with one attached hydrogen (secondary N) is 1. The number of rotatable bonds is 19. The average molecular weight is 848 g/mol. The number of carbonyl (C=O) groups excluding carboxylic acids is 1. The van der Waals surface area contributed by atoms with E-state index in [-0.39, 0.29) is 49.9 Å². The molecule has 1 aromatic heterocycles. The first-order valence-corrected chi connectivity index (χ1v) is 21.5. The van der Waals surface area contributed by atoms with Crippen molar-refractivity contribution < 1.29 is 32.8 Å². The first kappa shape index (κ1) is 45.1. The number of anilines is 1. The molecule has 0 bridgehead atoms. The minimum absolute atomic E-state index is 0.0191.